The van der Waals surface area contributed by atoms with Crippen molar-refractivity contribution in [2.45, 2.75) is 78.4 Å². The summed E-state index contributed by atoms with van der Waals surface area (Å²) in [6.07, 6.45) is 6.63. The van der Waals surface area contributed by atoms with Gasteiger partial charge in [0.05, 0.1) is 11.7 Å². The summed E-state index contributed by atoms with van der Waals surface area (Å²) in [7, 11) is 0. The second-order valence-electron chi connectivity index (χ2n) is 7.17. The molecule has 2 aliphatic carbocycles. The summed E-state index contributed by atoms with van der Waals surface area (Å²) in [6.45, 7) is 10.2. The lowest BCUT2D eigenvalue weighted by Crippen LogP contribution is -2.25. The first-order valence-electron chi connectivity index (χ1n) is 8.34. The molecule has 3 nitrogen and oxygen atoms in total. The SMILES string of the molecule is Cc1nn(C2CCC(C)C(C)C2)c(C)c1CNC1CC1. The number of rotatable bonds is 4. The molecule has 0 saturated heterocycles. The molecule has 1 aromatic rings. The average molecular weight is 275 g/mol. The van der Waals surface area contributed by atoms with Gasteiger partial charge in [-0.15, -0.1) is 0 Å². The minimum Gasteiger partial charge on any atom is -0.310 e. The van der Waals surface area contributed by atoms with Crippen LogP contribution in [0.1, 0.15) is 68.9 Å². The van der Waals surface area contributed by atoms with Gasteiger partial charge in [-0.2, -0.15) is 5.10 Å². The Morgan fingerprint density at radius 3 is 2.50 bits per heavy atom. The van der Waals surface area contributed by atoms with Crippen molar-refractivity contribution in [2.75, 3.05) is 0 Å². The Labute approximate surface area is 123 Å². The van der Waals surface area contributed by atoms with Crippen molar-refractivity contribution >= 4 is 0 Å². The number of hydrogen-bond donors (Lipinski definition) is 1. The van der Waals surface area contributed by atoms with Crippen LogP contribution >= 0.6 is 0 Å². The normalized spacial score (nSPS) is 30.7. The smallest absolute Gasteiger partial charge is 0.0641 e. The lowest BCUT2D eigenvalue weighted by atomic mass is 9.79. The van der Waals surface area contributed by atoms with Gasteiger partial charge in [-0.1, -0.05) is 13.8 Å². The van der Waals surface area contributed by atoms with Gasteiger partial charge in [-0.25, -0.2) is 0 Å². The van der Waals surface area contributed by atoms with Crippen LogP contribution in [0.15, 0.2) is 0 Å². The van der Waals surface area contributed by atoms with Gasteiger partial charge in [-0.05, 0) is 57.8 Å². The number of hydrogen-bond acceptors (Lipinski definition) is 2. The van der Waals surface area contributed by atoms with E-state index in [1.165, 1.54) is 49.1 Å². The predicted molar refractivity (Wildman–Crippen MR) is 82.8 cm³/mol. The quantitative estimate of drug-likeness (QED) is 0.907. The van der Waals surface area contributed by atoms with Crippen LogP contribution in [-0.4, -0.2) is 15.8 Å². The van der Waals surface area contributed by atoms with Crippen molar-refractivity contribution < 1.29 is 0 Å². The van der Waals surface area contributed by atoms with Crippen LogP contribution in [0.3, 0.4) is 0 Å². The Morgan fingerprint density at radius 2 is 1.85 bits per heavy atom. The van der Waals surface area contributed by atoms with Crippen molar-refractivity contribution in [3.63, 3.8) is 0 Å². The highest BCUT2D eigenvalue weighted by molar-refractivity contribution is 5.25. The van der Waals surface area contributed by atoms with Crippen LogP contribution in [0.25, 0.3) is 0 Å². The number of nitrogens with one attached hydrogen (secondary N) is 1. The summed E-state index contributed by atoms with van der Waals surface area (Å²) < 4.78 is 2.33. The van der Waals surface area contributed by atoms with E-state index in [0.717, 1.165) is 24.4 Å². The molecule has 3 heteroatoms. The topological polar surface area (TPSA) is 29.9 Å². The van der Waals surface area contributed by atoms with E-state index in [0.29, 0.717) is 6.04 Å². The summed E-state index contributed by atoms with van der Waals surface area (Å²) in [6, 6.07) is 1.39. The first-order chi connectivity index (χ1) is 9.56. The van der Waals surface area contributed by atoms with Crippen molar-refractivity contribution in [2.24, 2.45) is 11.8 Å². The van der Waals surface area contributed by atoms with E-state index < -0.39 is 0 Å². The Hall–Kier alpha value is -0.830. The van der Waals surface area contributed by atoms with Crippen LogP contribution in [0.5, 0.6) is 0 Å². The van der Waals surface area contributed by atoms with Crippen molar-refractivity contribution in [3.05, 3.63) is 17.0 Å². The third kappa shape index (κ3) is 2.78. The minimum atomic E-state index is 0.620. The molecule has 1 heterocycles. The van der Waals surface area contributed by atoms with E-state index in [4.69, 9.17) is 5.10 Å². The van der Waals surface area contributed by atoms with Crippen LogP contribution < -0.4 is 5.32 Å². The van der Waals surface area contributed by atoms with Gasteiger partial charge in [0, 0.05) is 23.8 Å². The van der Waals surface area contributed by atoms with Gasteiger partial charge < -0.3 is 5.32 Å². The molecule has 0 aliphatic heterocycles. The second kappa shape index (κ2) is 5.51. The molecular formula is C17H29N3. The fourth-order valence-electron chi connectivity index (χ4n) is 3.58. The van der Waals surface area contributed by atoms with Crippen molar-refractivity contribution in [3.8, 4) is 0 Å². The van der Waals surface area contributed by atoms with E-state index in [1.54, 1.807) is 0 Å². The van der Waals surface area contributed by atoms with Crippen LogP contribution in [0, 0.1) is 25.7 Å². The first kappa shape index (κ1) is 14.1. The maximum Gasteiger partial charge on any atom is 0.0641 e. The average Bonchev–Trinajstić information content (AvgIpc) is 3.19. The fraction of sp³-hybridized carbons (Fsp3) is 0.824. The fourth-order valence-corrected chi connectivity index (χ4v) is 3.58. The lowest BCUT2D eigenvalue weighted by Gasteiger charge is -2.32. The Balaban J connectivity index is 1.74. The summed E-state index contributed by atoms with van der Waals surface area (Å²) in [5.74, 6) is 1.70. The third-order valence-corrected chi connectivity index (χ3v) is 5.54. The molecule has 0 amide bonds. The van der Waals surface area contributed by atoms with E-state index in [1.807, 2.05) is 0 Å². The van der Waals surface area contributed by atoms with Crippen molar-refractivity contribution in [1.82, 2.24) is 15.1 Å². The zero-order chi connectivity index (χ0) is 14.3. The summed E-state index contributed by atoms with van der Waals surface area (Å²) in [5, 5.41) is 8.50. The zero-order valence-corrected chi connectivity index (χ0v) is 13.4. The molecule has 2 saturated carbocycles. The van der Waals surface area contributed by atoms with E-state index in [2.05, 4.69) is 37.7 Å². The molecule has 0 bridgehead atoms. The predicted octanol–water partition coefficient (Wildman–Crippen LogP) is 3.75. The van der Waals surface area contributed by atoms with Crippen molar-refractivity contribution in [1.29, 1.82) is 0 Å². The molecule has 3 unspecified atom stereocenters. The number of aryl methyl sites for hydroxylation is 1. The summed E-state index contributed by atoms with van der Waals surface area (Å²) >= 11 is 0. The third-order valence-electron chi connectivity index (χ3n) is 5.54. The Bertz CT molecular complexity index is 473. The number of nitrogens with zero attached hydrogens (tertiary/aromatic N) is 2. The molecule has 2 aliphatic rings. The van der Waals surface area contributed by atoms with Gasteiger partial charge in [0.15, 0.2) is 0 Å². The van der Waals surface area contributed by atoms with E-state index >= 15 is 0 Å². The van der Waals surface area contributed by atoms with Gasteiger partial charge in [-0.3, -0.25) is 4.68 Å². The van der Waals surface area contributed by atoms with E-state index in [-0.39, 0.29) is 0 Å². The van der Waals surface area contributed by atoms with E-state index in [9.17, 15) is 0 Å². The standard InChI is InChI=1S/C17H29N3/c1-11-5-8-16(9-12(11)2)20-14(4)17(13(3)19-20)10-18-15-6-7-15/h11-12,15-16,18H,5-10H2,1-4H3. The summed E-state index contributed by atoms with van der Waals surface area (Å²) in [4.78, 5) is 0. The highest BCUT2D eigenvalue weighted by Gasteiger charge is 2.28. The molecule has 0 aromatic carbocycles. The molecule has 20 heavy (non-hydrogen) atoms. The maximum atomic E-state index is 4.87. The molecule has 0 radical (unpaired) electrons. The summed E-state index contributed by atoms with van der Waals surface area (Å²) in [5.41, 5.74) is 4.05. The molecule has 3 rings (SSSR count). The van der Waals surface area contributed by atoms with Gasteiger partial charge in [0.1, 0.15) is 0 Å². The monoisotopic (exact) mass is 275 g/mol. The lowest BCUT2D eigenvalue weighted by molar-refractivity contribution is 0.198. The molecular weight excluding hydrogens is 246 g/mol. The van der Waals surface area contributed by atoms with Gasteiger partial charge in [0.25, 0.3) is 0 Å². The zero-order valence-electron chi connectivity index (χ0n) is 13.4. The highest BCUT2D eigenvalue weighted by atomic mass is 15.3. The number of aromatic nitrogens is 2. The van der Waals surface area contributed by atoms with Gasteiger partial charge in [0.2, 0.25) is 0 Å². The van der Waals surface area contributed by atoms with Crippen LogP contribution in [-0.2, 0) is 6.54 Å². The largest absolute Gasteiger partial charge is 0.310 e. The first-order valence-corrected chi connectivity index (χ1v) is 8.34. The molecule has 0 spiro atoms. The Kier molecular flexibility index (Phi) is 3.89. The van der Waals surface area contributed by atoms with Gasteiger partial charge >= 0.3 is 0 Å². The molecule has 3 atom stereocenters. The minimum absolute atomic E-state index is 0.620. The Morgan fingerprint density at radius 1 is 1.10 bits per heavy atom. The highest BCUT2D eigenvalue weighted by Crippen LogP contribution is 2.37. The second-order valence-corrected chi connectivity index (χ2v) is 7.17. The molecule has 112 valence electrons. The molecule has 2 fully saturated rings. The molecule has 1 aromatic heterocycles. The van der Waals surface area contributed by atoms with Crippen LogP contribution in [0.2, 0.25) is 0 Å². The maximum absolute atomic E-state index is 4.87. The van der Waals surface area contributed by atoms with Crippen LogP contribution in [0.4, 0.5) is 0 Å². The molecule has 1 N–H and O–H groups in total.